The number of ether oxygens (including phenoxy) is 1. The number of hydrogen-bond donors (Lipinski definition) is 1. The van der Waals surface area contributed by atoms with E-state index in [1.165, 1.54) is 0 Å². The Balaban J connectivity index is 2.55. The predicted molar refractivity (Wildman–Crippen MR) is 75.7 cm³/mol. The molecule has 0 saturated heterocycles. The minimum Gasteiger partial charge on any atom is -0.380 e. The van der Waals surface area contributed by atoms with Gasteiger partial charge in [0.15, 0.2) is 0 Å². The maximum absolute atomic E-state index is 11.8. The smallest absolute Gasteiger partial charge is 0.252 e. The van der Waals surface area contributed by atoms with Crippen molar-refractivity contribution in [3.63, 3.8) is 0 Å². The number of hydrogen-bond acceptors (Lipinski definition) is 2. The molecule has 1 aromatic carbocycles. The Morgan fingerprint density at radius 2 is 2.31 bits per heavy atom. The van der Waals surface area contributed by atoms with Crippen LogP contribution in [0.15, 0.2) is 22.7 Å². The first-order chi connectivity index (χ1) is 7.65. The Hall–Kier alpha value is -0.140. The Kier molecular flexibility index (Phi) is 6.30. The standard InChI is InChI=1S/C11H13BrINO2/c1-2-16-6-5-14-11(15)9-7-8(13)3-4-10(9)12/h3-4,7H,2,5-6H2,1H3,(H,14,15). The highest BCUT2D eigenvalue weighted by atomic mass is 127. The van der Waals surface area contributed by atoms with Gasteiger partial charge in [-0.05, 0) is 63.6 Å². The first-order valence-corrected chi connectivity index (χ1v) is 6.83. The van der Waals surface area contributed by atoms with E-state index in [1.807, 2.05) is 25.1 Å². The fourth-order valence-electron chi connectivity index (χ4n) is 1.15. The summed E-state index contributed by atoms with van der Waals surface area (Å²) in [6.45, 7) is 3.68. The van der Waals surface area contributed by atoms with E-state index < -0.39 is 0 Å². The molecule has 0 heterocycles. The zero-order valence-electron chi connectivity index (χ0n) is 8.93. The molecule has 16 heavy (non-hydrogen) atoms. The number of carbonyl (C=O) groups excluding carboxylic acids is 1. The van der Waals surface area contributed by atoms with Crippen LogP contribution in [-0.4, -0.2) is 25.7 Å². The van der Waals surface area contributed by atoms with Crippen molar-refractivity contribution in [3.05, 3.63) is 31.8 Å². The Morgan fingerprint density at radius 1 is 1.56 bits per heavy atom. The van der Waals surface area contributed by atoms with Crippen LogP contribution >= 0.6 is 38.5 Å². The van der Waals surface area contributed by atoms with Gasteiger partial charge < -0.3 is 10.1 Å². The van der Waals surface area contributed by atoms with Crippen molar-refractivity contribution in [1.82, 2.24) is 5.32 Å². The average molecular weight is 398 g/mol. The van der Waals surface area contributed by atoms with Crippen molar-refractivity contribution in [2.75, 3.05) is 19.8 Å². The van der Waals surface area contributed by atoms with E-state index in [9.17, 15) is 4.79 Å². The fourth-order valence-corrected chi connectivity index (χ4v) is 2.07. The summed E-state index contributed by atoms with van der Waals surface area (Å²) >= 11 is 5.54. The van der Waals surface area contributed by atoms with Gasteiger partial charge in [0.1, 0.15) is 0 Å². The molecule has 0 unspecified atom stereocenters. The zero-order chi connectivity index (χ0) is 12.0. The molecule has 0 spiro atoms. The summed E-state index contributed by atoms with van der Waals surface area (Å²) in [5.74, 6) is -0.0786. The highest BCUT2D eigenvalue weighted by Gasteiger charge is 2.09. The molecule has 1 amide bonds. The molecule has 0 aliphatic heterocycles. The van der Waals surface area contributed by atoms with Crippen molar-refractivity contribution >= 4 is 44.4 Å². The summed E-state index contributed by atoms with van der Waals surface area (Å²) in [7, 11) is 0. The average Bonchev–Trinajstić information content (AvgIpc) is 2.27. The third kappa shape index (κ3) is 4.39. The van der Waals surface area contributed by atoms with Crippen molar-refractivity contribution in [2.24, 2.45) is 0 Å². The van der Waals surface area contributed by atoms with E-state index in [0.717, 1.165) is 8.04 Å². The molecule has 1 aromatic rings. The van der Waals surface area contributed by atoms with Crippen LogP contribution in [0.25, 0.3) is 0 Å². The van der Waals surface area contributed by atoms with Gasteiger partial charge in [-0.15, -0.1) is 0 Å². The van der Waals surface area contributed by atoms with E-state index in [-0.39, 0.29) is 5.91 Å². The van der Waals surface area contributed by atoms with E-state index in [4.69, 9.17) is 4.74 Å². The Labute approximate surface area is 117 Å². The molecule has 0 aromatic heterocycles. The molecule has 88 valence electrons. The largest absolute Gasteiger partial charge is 0.380 e. The first kappa shape index (κ1) is 13.9. The lowest BCUT2D eigenvalue weighted by Gasteiger charge is -2.07. The van der Waals surface area contributed by atoms with Crippen LogP contribution < -0.4 is 5.32 Å². The Morgan fingerprint density at radius 3 is 3.00 bits per heavy atom. The number of benzene rings is 1. The maximum atomic E-state index is 11.8. The SMILES string of the molecule is CCOCCNC(=O)c1cc(I)ccc1Br. The molecule has 1 N–H and O–H groups in total. The van der Waals surface area contributed by atoms with Crippen LogP contribution in [0.2, 0.25) is 0 Å². The molecule has 0 atom stereocenters. The van der Waals surface area contributed by atoms with E-state index in [1.54, 1.807) is 0 Å². The summed E-state index contributed by atoms with van der Waals surface area (Å²) in [4.78, 5) is 11.8. The number of halogens is 2. The van der Waals surface area contributed by atoms with Crippen molar-refractivity contribution in [1.29, 1.82) is 0 Å². The molecule has 0 aliphatic rings. The van der Waals surface area contributed by atoms with Gasteiger partial charge in [0, 0.05) is 21.2 Å². The highest BCUT2D eigenvalue weighted by molar-refractivity contribution is 14.1. The minimum atomic E-state index is -0.0786. The summed E-state index contributed by atoms with van der Waals surface area (Å²) < 4.78 is 6.99. The molecule has 3 nitrogen and oxygen atoms in total. The molecule has 1 rings (SSSR count). The molecule has 0 radical (unpaired) electrons. The van der Waals surface area contributed by atoms with Crippen LogP contribution in [0, 0.1) is 3.57 Å². The first-order valence-electron chi connectivity index (χ1n) is 4.96. The highest BCUT2D eigenvalue weighted by Crippen LogP contribution is 2.19. The number of amides is 1. The van der Waals surface area contributed by atoms with E-state index in [0.29, 0.717) is 25.3 Å². The summed E-state index contributed by atoms with van der Waals surface area (Å²) in [5, 5.41) is 2.80. The van der Waals surface area contributed by atoms with Crippen LogP contribution in [0.3, 0.4) is 0 Å². The normalized spacial score (nSPS) is 10.2. The van der Waals surface area contributed by atoms with Gasteiger partial charge in [-0.1, -0.05) is 0 Å². The minimum absolute atomic E-state index is 0.0786. The maximum Gasteiger partial charge on any atom is 0.252 e. The van der Waals surface area contributed by atoms with Gasteiger partial charge in [-0.2, -0.15) is 0 Å². The number of carbonyl (C=O) groups is 1. The van der Waals surface area contributed by atoms with Crippen molar-refractivity contribution in [2.45, 2.75) is 6.92 Å². The molecule has 0 bridgehead atoms. The van der Waals surface area contributed by atoms with Crippen LogP contribution in [0.4, 0.5) is 0 Å². The predicted octanol–water partition coefficient (Wildman–Crippen LogP) is 2.82. The van der Waals surface area contributed by atoms with Gasteiger partial charge in [0.25, 0.3) is 5.91 Å². The topological polar surface area (TPSA) is 38.3 Å². The lowest BCUT2D eigenvalue weighted by atomic mass is 10.2. The quantitative estimate of drug-likeness (QED) is 0.612. The van der Waals surface area contributed by atoms with Crippen LogP contribution in [0.1, 0.15) is 17.3 Å². The number of rotatable bonds is 5. The van der Waals surface area contributed by atoms with Gasteiger partial charge >= 0.3 is 0 Å². The van der Waals surface area contributed by atoms with Crippen LogP contribution in [-0.2, 0) is 4.74 Å². The summed E-state index contributed by atoms with van der Waals surface area (Å²) in [5.41, 5.74) is 0.656. The third-order valence-electron chi connectivity index (χ3n) is 1.91. The van der Waals surface area contributed by atoms with Crippen LogP contribution in [0.5, 0.6) is 0 Å². The number of nitrogens with one attached hydrogen (secondary N) is 1. The second kappa shape index (κ2) is 7.24. The summed E-state index contributed by atoms with van der Waals surface area (Å²) in [6, 6.07) is 5.67. The Bertz CT molecular complexity index is 371. The third-order valence-corrected chi connectivity index (χ3v) is 3.27. The lowest BCUT2D eigenvalue weighted by Crippen LogP contribution is -2.27. The van der Waals surface area contributed by atoms with Crippen molar-refractivity contribution in [3.8, 4) is 0 Å². The molecule has 5 heteroatoms. The molecular weight excluding hydrogens is 385 g/mol. The molecule has 0 fully saturated rings. The lowest BCUT2D eigenvalue weighted by molar-refractivity contribution is 0.0922. The molecule has 0 aliphatic carbocycles. The van der Waals surface area contributed by atoms with Gasteiger partial charge in [0.2, 0.25) is 0 Å². The van der Waals surface area contributed by atoms with E-state index in [2.05, 4.69) is 43.8 Å². The zero-order valence-corrected chi connectivity index (χ0v) is 12.7. The second-order valence-corrected chi connectivity index (χ2v) is 5.18. The monoisotopic (exact) mass is 397 g/mol. The van der Waals surface area contributed by atoms with Crippen molar-refractivity contribution < 1.29 is 9.53 Å². The molecule has 0 saturated carbocycles. The fraction of sp³-hybridized carbons (Fsp3) is 0.364. The second-order valence-electron chi connectivity index (χ2n) is 3.08. The van der Waals surface area contributed by atoms with E-state index >= 15 is 0 Å². The van der Waals surface area contributed by atoms with Gasteiger partial charge in [-0.25, -0.2) is 0 Å². The van der Waals surface area contributed by atoms with Gasteiger partial charge in [0.05, 0.1) is 12.2 Å². The summed E-state index contributed by atoms with van der Waals surface area (Å²) in [6.07, 6.45) is 0. The van der Waals surface area contributed by atoms with Gasteiger partial charge in [-0.3, -0.25) is 4.79 Å². The molecular formula is C11H13BrINO2.